The van der Waals surface area contributed by atoms with E-state index in [4.69, 9.17) is 9.26 Å². The van der Waals surface area contributed by atoms with Gasteiger partial charge in [-0.05, 0) is 37.5 Å². The van der Waals surface area contributed by atoms with Gasteiger partial charge in [0.25, 0.3) is 0 Å². The highest BCUT2D eigenvalue weighted by Crippen LogP contribution is 2.24. The van der Waals surface area contributed by atoms with Crippen molar-refractivity contribution in [1.29, 1.82) is 0 Å². The van der Waals surface area contributed by atoms with Crippen LogP contribution in [0, 0.1) is 13.8 Å². The number of aromatic nitrogens is 1. The van der Waals surface area contributed by atoms with Gasteiger partial charge in [-0.15, -0.1) is 0 Å². The van der Waals surface area contributed by atoms with Crippen molar-refractivity contribution in [3.63, 3.8) is 0 Å². The minimum absolute atomic E-state index is 0.520. The maximum absolute atomic E-state index is 11.2. The Labute approximate surface area is 147 Å². The lowest BCUT2D eigenvalue weighted by Gasteiger charge is -2.12. The maximum Gasteiger partial charge on any atom is 0.153 e. The number of ether oxygens (including phenoxy) is 1. The lowest BCUT2D eigenvalue weighted by atomic mass is 10.1. The molecule has 0 atom stereocenters. The minimum Gasteiger partial charge on any atom is -0.493 e. The Morgan fingerprint density at radius 3 is 2.68 bits per heavy atom. The Hall–Kier alpha value is -2.88. The van der Waals surface area contributed by atoms with Crippen LogP contribution in [0.15, 0.2) is 53.1 Å². The third-order valence-corrected chi connectivity index (χ3v) is 4.02. The molecule has 0 aliphatic carbocycles. The quantitative estimate of drug-likeness (QED) is 0.460. The van der Waals surface area contributed by atoms with Crippen LogP contribution in [0.1, 0.15) is 33.7 Å². The van der Waals surface area contributed by atoms with Gasteiger partial charge in [0.2, 0.25) is 0 Å². The van der Waals surface area contributed by atoms with Crippen molar-refractivity contribution >= 4 is 6.29 Å². The van der Waals surface area contributed by atoms with E-state index in [1.807, 2.05) is 62.4 Å². The summed E-state index contributed by atoms with van der Waals surface area (Å²) in [5.41, 5.74) is 4.52. The molecule has 0 saturated carbocycles. The van der Waals surface area contributed by atoms with Gasteiger partial charge in [-0.2, -0.15) is 0 Å². The summed E-state index contributed by atoms with van der Waals surface area (Å²) in [6, 6.07) is 15.8. The summed E-state index contributed by atoms with van der Waals surface area (Å²) >= 11 is 0. The van der Waals surface area contributed by atoms with E-state index < -0.39 is 0 Å². The van der Waals surface area contributed by atoms with Crippen molar-refractivity contribution in [2.75, 3.05) is 6.61 Å². The summed E-state index contributed by atoms with van der Waals surface area (Å²) in [4.78, 5) is 11.2. The molecule has 2 aromatic carbocycles. The fraction of sp³-hybridized carbons (Fsp3) is 0.238. The first-order valence-corrected chi connectivity index (χ1v) is 8.37. The molecule has 4 heteroatoms. The molecule has 1 aromatic heterocycles. The Morgan fingerprint density at radius 1 is 1.12 bits per heavy atom. The van der Waals surface area contributed by atoms with Crippen LogP contribution in [0.2, 0.25) is 0 Å². The van der Waals surface area contributed by atoms with Gasteiger partial charge in [-0.1, -0.05) is 41.6 Å². The van der Waals surface area contributed by atoms with Gasteiger partial charge in [0, 0.05) is 18.1 Å². The van der Waals surface area contributed by atoms with Gasteiger partial charge in [0.15, 0.2) is 6.29 Å². The van der Waals surface area contributed by atoms with E-state index in [0.717, 1.165) is 47.3 Å². The summed E-state index contributed by atoms with van der Waals surface area (Å²) in [5, 5.41) is 4.11. The van der Waals surface area contributed by atoms with Gasteiger partial charge in [0.05, 0.1) is 12.2 Å². The van der Waals surface area contributed by atoms with E-state index in [1.165, 1.54) is 0 Å². The van der Waals surface area contributed by atoms with Crippen LogP contribution in [0.5, 0.6) is 5.75 Å². The average molecular weight is 335 g/mol. The van der Waals surface area contributed by atoms with Gasteiger partial charge in [0.1, 0.15) is 17.2 Å². The van der Waals surface area contributed by atoms with Crippen molar-refractivity contribution in [2.24, 2.45) is 0 Å². The van der Waals surface area contributed by atoms with Crippen LogP contribution < -0.4 is 4.74 Å². The van der Waals surface area contributed by atoms with Crippen molar-refractivity contribution < 1.29 is 14.1 Å². The molecule has 0 spiro atoms. The number of aldehydes is 1. The SMILES string of the molecule is Cc1cc(C)c(OCCCc2cc(-c3ccccc3)no2)c(C=O)c1. The highest BCUT2D eigenvalue weighted by molar-refractivity contribution is 5.80. The summed E-state index contributed by atoms with van der Waals surface area (Å²) < 4.78 is 11.2. The van der Waals surface area contributed by atoms with Crippen LogP contribution in [-0.2, 0) is 6.42 Å². The molecule has 3 rings (SSSR count). The van der Waals surface area contributed by atoms with Crippen molar-refractivity contribution in [2.45, 2.75) is 26.7 Å². The first kappa shape index (κ1) is 17.0. The van der Waals surface area contributed by atoms with Gasteiger partial charge in [-0.25, -0.2) is 0 Å². The minimum atomic E-state index is 0.520. The zero-order valence-electron chi connectivity index (χ0n) is 14.5. The number of rotatable bonds is 7. The van der Waals surface area contributed by atoms with Crippen molar-refractivity contribution in [3.05, 3.63) is 71.0 Å². The lowest BCUT2D eigenvalue weighted by Crippen LogP contribution is -2.03. The highest BCUT2D eigenvalue weighted by atomic mass is 16.5. The molecule has 4 nitrogen and oxygen atoms in total. The van der Waals surface area contributed by atoms with E-state index in [-0.39, 0.29) is 0 Å². The van der Waals surface area contributed by atoms with E-state index in [0.29, 0.717) is 17.9 Å². The summed E-state index contributed by atoms with van der Waals surface area (Å²) in [6.45, 7) is 4.45. The maximum atomic E-state index is 11.2. The van der Waals surface area contributed by atoms with Crippen molar-refractivity contribution in [1.82, 2.24) is 5.16 Å². The molecule has 128 valence electrons. The van der Waals surface area contributed by atoms with Crippen LogP contribution in [0.4, 0.5) is 0 Å². The lowest BCUT2D eigenvalue weighted by molar-refractivity contribution is 0.111. The predicted molar refractivity (Wildman–Crippen MR) is 97.1 cm³/mol. The molecule has 0 N–H and O–H groups in total. The van der Waals surface area contributed by atoms with Crippen LogP contribution in [0.3, 0.4) is 0 Å². The molecule has 0 unspecified atom stereocenters. The Bertz CT molecular complexity index is 853. The van der Waals surface area contributed by atoms with Crippen molar-refractivity contribution in [3.8, 4) is 17.0 Å². The summed E-state index contributed by atoms with van der Waals surface area (Å²) in [7, 11) is 0. The zero-order chi connectivity index (χ0) is 17.6. The third kappa shape index (κ3) is 4.15. The first-order chi connectivity index (χ1) is 12.2. The number of benzene rings is 2. The van der Waals surface area contributed by atoms with Crippen LogP contribution in [0.25, 0.3) is 11.3 Å². The third-order valence-electron chi connectivity index (χ3n) is 4.02. The molecule has 0 aliphatic heterocycles. The molecule has 25 heavy (non-hydrogen) atoms. The fourth-order valence-corrected chi connectivity index (χ4v) is 2.87. The fourth-order valence-electron chi connectivity index (χ4n) is 2.87. The summed E-state index contributed by atoms with van der Waals surface area (Å²) in [6.07, 6.45) is 2.37. The molecule has 0 amide bonds. The van der Waals surface area contributed by atoms with Crippen LogP contribution >= 0.6 is 0 Å². The zero-order valence-corrected chi connectivity index (χ0v) is 14.5. The topological polar surface area (TPSA) is 52.3 Å². The second-order valence-corrected chi connectivity index (χ2v) is 6.11. The first-order valence-electron chi connectivity index (χ1n) is 8.37. The van der Waals surface area contributed by atoms with Gasteiger partial charge < -0.3 is 9.26 Å². The van der Waals surface area contributed by atoms with E-state index in [2.05, 4.69) is 5.16 Å². The molecule has 0 aliphatic rings. The molecule has 1 heterocycles. The van der Waals surface area contributed by atoms with E-state index in [9.17, 15) is 4.79 Å². The Kier molecular flexibility index (Phi) is 5.29. The molecule has 0 saturated heterocycles. The Balaban J connectivity index is 1.56. The largest absolute Gasteiger partial charge is 0.493 e. The molecular formula is C21H21NO3. The number of hydrogen-bond acceptors (Lipinski definition) is 4. The molecule has 0 radical (unpaired) electrons. The number of nitrogens with zero attached hydrogens (tertiary/aromatic N) is 1. The number of hydrogen-bond donors (Lipinski definition) is 0. The Morgan fingerprint density at radius 2 is 1.92 bits per heavy atom. The predicted octanol–water partition coefficient (Wildman–Crippen LogP) is 4.78. The second kappa shape index (κ2) is 7.79. The molecular weight excluding hydrogens is 314 g/mol. The number of carbonyl (C=O) groups excluding carboxylic acids is 1. The van der Waals surface area contributed by atoms with Crippen LogP contribution in [-0.4, -0.2) is 18.0 Å². The monoisotopic (exact) mass is 335 g/mol. The average Bonchev–Trinajstić information content (AvgIpc) is 3.09. The smallest absolute Gasteiger partial charge is 0.153 e. The molecule has 3 aromatic rings. The number of aryl methyl sites for hydroxylation is 3. The van der Waals surface area contributed by atoms with E-state index in [1.54, 1.807) is 0 Å². The highest BCUT2D eigenvalue weighted by Gasteiger charge is 2.09. The normalized spacial score (nSPS) is 10.6. The summed E-state index contributed by atoms with van der Waals surface area (Å²) in [5.74, 6) is 1.50. The van der Waals surface area contributed by atoms with E-state index >= 15 is 0 Å². The van der Waals surface area contributed by atoms with Gasteiger partial charge in [-0.3, -0.25) is 4.79 Å². The van der Waals surface area contributed by atoms with Gasteiger partial charge >= 0.3 is 0 Å². The molecule has 0 bridgehead atoms. The number of carbonyl (C=O) groups is 1. The standard InChI is InChI=1S/C21H21NO3/c1-15-11-16(2)21(18(12-15)14-23)24-10-6-9-19-13-20(22-25-19)17-7-4-3-5-8-17/h3-5,7-8,11-14H,6,9-10H2,1-2H3. The molecule has 0 fully saturated rings. The second-order valence-electron chi connectivity index (χ2n) is 6.11.